The standard InChI is InChI=1S/C14H13NO/c16-12-8-9-15(10-12)14-7-3-5-11-4-1-2-6-13(11)14/h1-7H,8-10H2. The number of Topliss-reactive ketones (excluding diaryl/α,β-unsaturated/α-hetero) is 1. The molecular weight excluding hydrogens is 198 g/mol. The zero-order valence-electron chi connectivity index (χ0n) is 9.02. The van der Waals surface area contributed by atoms with Crippen LogP contribution in [0.25, 0.3) is 10.8 Å². The second-order valence-electron chi connectivity index (χ2n) is 4.21. The Bertz CT molecular complexity index is 542. The van der Waals surface area contributed by atoms with Gasteiger partial charge < -0.3 is 4.90 Å². The molecule has 1 fully saturated rings. The van der Waals surface area contributed by atoms with E-state index in [1.165, 1.54) is 16.5 Å². The molecule has 1 aliphatic rings. The molecule has 1 heterocycles. The Morgan fingerprint density at radius 1 is 1.00 bits per heavy atom. The number of hydrogen-bond donors (Lipinski definition) is 0. The van der Waals surface area contributed by atoms with Gasteiger partial charge in [-0.1, -0.05) is 36.4 Å². The maximum Gasteiger partial charge on any atom is 0.153 e. The van der Waals surface area contributed by atoms with Crippen molar-refractivity contribution in [2.24, 2.45) is 0 Å². The molecule has 0 aliphatic carbocycles. The van der Waals surface area contributed by atoms with Gasteiger partial charge in [0, 0.05) is 24.0 Å². The van der Waals surface area contributed by atoms with Gasteiger partial charge in [-0.25, -0.2) is 0 Å². The Hall–Kier alpha value is -1.83. The van der Waals surface area contributed by atoms with Gasteiger partial charge in [-0.2, -0.15) is 0 Å². The third-order valence-electron chi connectivity index (χ3n) is 3.14. The first-order valence-electron chi connectivity index (χ1n) is 5.59. The topological polar surface area (TPSA) is 20.3 Å². The fourth-order valence-corrected chi connectivity index (χ4v) is 2.32. The maximum absolute atomic E-state index is 11.3. The van der Waals surface area contributed by atoms with Gasteiger partial charge in [0.1, 0.15) is 0 Å². The van der Waals surface area contributed by atoms with Crippen LogP contribution in [-0.2, 0) is 4.79 Å². The molecule has 2 nitrogen and oxygen atoms in total. The number of rotatable bonds is 1. The number of carbonyl (C=O) groups excluding carboxylic acids is 1. The van der Waals surface area contributed by atoms with Crippen LogP contribution in [-0.4, -0.2) is 18.9 Å². The maximum atomic E-state index is 11.3. The van der Waals surface area contributed by atoms with Crippen molar-refractivity contribution in [3.8, 4) is 0 Å². The van der Waals surface area contributed by atoms with Gasteiger partial charge in [0.25, 0.3) is 0 Å². The van der Waals surface area contributed by atoms with Gasteiger partial charge >= 0.3 is 0 Å². The van der Waals surface area contributed by atoms with E-state index in [4.69, 9.17) is 0 Å². The predicted octanol–water partition coefficient (Wildman–Crippen LogP) is 2.62. The van der Waals surface area contributed by atoms with Gasteiger partial charge in [-0.3, -0.25) is 4.79 Å². The number of ketones is 1. The van der Waals surface area contributed by atoms with E-state index in [1.54, 1.807) is 0 Å². The second kappa shape index (κ2) is 3.63. The molecule has 1 saturated heterocycles. The van der Waals surface area contributed by atoms with Crippen LogP contribution in [0.1, 0.15) is 6.42 Å². The molecule has 2 aromatic rings. The van der Waals surface area contributed by atoms with Gasteiger partial charge in [-0.05, 0) is 11.5 Å². The quantitative estimate of drug-likeness (QED) is 0.722. The van der Waals surface area contributed by atoms with Crippen LogP contribution in [0.4, 0.5) is 5.69 Å². The highest BCUT2D eigenvalue weighted by molar-refractivity contribution is 5.97. The van der Waals surface area contributed by atoms with E-state index in [1.807, 2.05) is 12.1 Å². The van der Waals surface area contributed by atoms with Crippen molar-refractivity contribution in [2.45, 2.75) is 6.42 Å². The Labute approximate surface area is 94.5 Å². The van der Waals surface area contributed by atoms with Crippen LogP contribution in [0.3, 0.4) is 0 Å². The first-order chi connectivity index (χ1) is 7.84. The molecule has 0 amide bonds. The Morgan fingerprint density at radius 3 is 2.62 bits per heavy atom. The summed E-state index contributed by atoms with van der Waals surface area (Å²) in [5.41, 5.74) is 1.18. The molecule has 16 heavy (non-hydrogen) atoms. The van der Waals surface area contributed by atoms with E-state index in [0.29, 0.717) is 18.7 Å². The lowest BCUT2D eigenvalue weighted by atomic mass is 10.1. The van der Waals surface area contributed by atoms with E-state index in [2.05, 4.69) is 35.2 Å². The fourth-order valence-electron chi connectivity index (χ4n) is 2.32. The molecule has 1 aliphatic heterocycles. The van der Waals surface area contributed by atoms with Crippen molar-refractivity contribution in [1.29, 1.82) is 0 Å². The lowest BCUT2D eigenvalue weighted by molar-refractivity contribution is -0.116. The van der Waals surface area contributed by atoms with Crippen LogP contribution >= 0.6 is 0 Å². The normalized spacial score (nSPS) is 16.0. The molecule has 0 atom stereocenters. The first kappa shape index (κ1) is 9.40. The SMILES string of the molecule is O=C1CCN(c2cccc3ccccc23)C1. The number of fused-ring (bicyclic) bond motifs is 1. The molecule has 2 aromatic carbocycles. The second-order valence-corrected chi connectivity index (χ2v) is 4.21. The third kappa shape index (κ3) is 1.47. The molecule has 0 spiro atoms. The molecule has 0 saturated carbocycles. The lowest BCUT2D eigenvalue weighted by Gasteiger charge is -2.18. The molecule has 0 bridgehead atoms. The fraction of sp³-hybridized carbons (Fsp3) is 0.214. The first-order valence-corrected chi connectivity index (χ1v) is 5.59. The zero-order valence-corrected chi connectivity index (χ0v) is 9.02. The predicted molar refractivity (Wildman–Crippen MR) is 65.8 cm³/mol. The summed E-state index contributed by atoms with van der Waals surface area (Å²) in [5.74, 6) is 0.341. The largest absolute Gasteiger partial charge is 0.363 e. The van der Waals surface area contributed by atoms with E-state index in [9.17, 15) is 4.79 Å². The van der Waals surface area contributed by atoms with Crippen molar-refractivity contribution in [2.75, 3.05) is 18.0 Å². The summed E-state index contributed by atoms with van der Waals surface area (Å²) >= 11 is 0. The molecular formula is C14H13NO. The van der Waals surface area contributed by atoms with E-state index in [0.717, 1.165) is 6.54 Å². The minimum atomic E-state index is 0.341. The summed E-state index contributed by atoms with van der Waals surface area (Å²) in [4.78, 5) is 13.5. The Morgan fingerprint density at radius 2 is 1.81 bits per heavy atom. The average molecular weight is 211 g/mol. The molecule has 0 aromatic heterocycles. The lowest BCUT2D eigenvalue weighted by Crippen LogP contribution is -2.19. The number of anilines is 1. The number of hydrogen-bond acceptors (Lipinski definition) is 2. The number of nitrogens with zero attached hydrogens (tertiary/aromatic N) is 1. The van der Waals surface area contributed by atoms with Crippen LogP contribution in [0.2, 0.25) is 0 Å². The van der Waals surface area contributed by atoms with Crippen molar-refractivity contribution >= 4 is 22.2 Å². The monoisotopic (exact) mass is 211 g/mol. The Kier molecular flexibility index (Phi) is 2.13. The van der Waals surface area contributed by atoms with Gasteiger partial charge in [-0.15, -0.1) is 0 Å². The van der Waals surface area contributed by atoms with E-state index in [-0.39, 0.29) is 0 Å². The molecule has 0 radical (unpaired) electrons. The average Bonchev–Trinajstić information content (AvgIpc) is 2.75. The molecule has 0 unspecified atom stereocenters. The van der Waals surface area contributed by atoms with E-state index >= 15 is 0 Å². The summed E-state index contributed by atoms with van der Waals surface area (Å²) in [5, 5.41) is 2.47. The number of carbonyl (C=O) groups is 1. The highest BCUT2D eigenvalue weighted by Crippen LogP contribution is 2.28. The summed E-state index contributed by atoms with van der Waals surface area (Å²) in [7, 11) is 0. The zero-order chi connectivity index (χ0) is 11.0. The van der Waals surface area contributed by atoms with Crippen LogP contribution in [0, 0.1) is 0 Å². The summed E-state index contributed by atoms with van der Waals surface area (Å²) in [6.07, 6.45) is 0.684. The van der Waals surface area contributed by atoms with Crippen LogP contribution in [0.5, 0.6) is 0 Å². The van der Waals surface area contributed by atoms with Crippen molar-refractivity contribution < 1.29 is 4.79 Å². The highest BCUT2D eigenvalue weighted by Gasteiger charge is 2.20. The third-order valence-corrected chi connectivity index (χ3v) is 3.14. The van der Waals surface area contributed by atoms with Crippen molar-refractivity contribution in [3.63, 3.8) is 0 Å². The smallest absolute Gasteiger partial charge is 0.153 e. The summed E-state index contributed by atoms with van der Waals surface area (Å²) < 4.78 is 0. The van der Waals surface area contributed by atoms with Gasteiger partial charge in [0.05, 0.1) is 6.54 Å². The summed E-state index contributed by atoms with van der Waals surface area (Å²) in [6.45, 7) is 1.42. The highest BCUT2D eigenvalue weighted by atomic mass is 16.1. The Balaban J connectivity index is 2.13. The molecule has 3 rings (SSSR count). The molecule has 80 valence electrons. The number of benzene rings is 2. The van der Waals surface area contributed by atoms with Crippen molar-refractivity contribution in [1.82, 2.24) is 0 Å². The molecule has 0 N–H and O–H groups in total. The molecule has 2 heteroatoms. The van der Waals surface area contributed by atoms with Crippen molar-refractivity contribution in [3.05, 3.63) is 42.5 Å². The van der Waals surface area contributed by atoms with Gasteiger partial charge in [0.15, 0.2) is 5.78 Å². The minimum absolute atomic E-state index is 0.341. The van der Waals surface area contributed by atoms with Gasteiger partial charge in [0.2, 0.25) is 0 Å². The summed E-state index contributed by atoms with van der Waals surface area (Å²) in [6, 6.07) is 14.6. The van der Waals surface area contributed by atoms with Crippen LogP contribution in [0.15, 0.2) is 42.5 Å². The van der Waals surface area contributed by atoms with Crippen LogP contribution < -0.4 is 4.90 Å². The minimum Gasteiger partial charge on any atom is -0.363 e. The van der Waals surface area contributed by atoms with E-state index < -0.39 is 0 Å².